The molecule has 118 valence electrons. The molecule has 21 heavy (non-hydrogen) atoms. The zero-order valence-electron chi connectivity index (χ0n) is 12.7. The fourth-order valence-electron chi connectivity index (χ4n) is 2.84. The van der Waals surface area contributed by atoms with E-state index in [0.29, 0.717) is 18.3 Å². The van der Waals surface area contributed by atoms with E-state index in [9.17, 15) is 9.50 Å². The quantitative estimate of drug-likeness (QED) is 0.810. The van der Waals surface area contributed by atoms with Crippen LogP contribution in [0.25, 0.3) is 0 Å². The fourth-order valence-corrected chi connectivity index (χ4v) is 2.84. The van der Waals surface area contributed by atoms with Gasteiger partial charge in [0.2, 0.25) is 5.95 Å². The fraction of sp³-hybridized carbons (Fsp3) is 0.733. The standard InChI is InChI=1S/C15H25FN4O/c1-2-8-17-15-18-11-13(16)14(19-15)20(9-10-21)12-6-4-3-5-7-12/h11-12,21H,2-10H2,1H3,(H,17,18,19). The molecule has 1 aliphatic carbocycles. The van der Waals surface area contributed by atoms with E-state index in [1.54, 1.807) is 0 Å². The van der Waals surface area contributed by atoms with E-state index in [1.807, 2.05) is 4.90 Å². The molecule has 1 aromatic rings. The number of hydrogen-bond acceptors (Lipinski definition) is 5. The lowest BCUT2D eigenvalue weighted by Crippen LogP contribution is -2.40. The molecule has 1 aromatic heterocycles. The maximum absolute atomic E-state index is 14.1. The first-order valence-corrected chi connectivity index (χ1v) is 7.90. The average Bonchev–Trinajstić information content (AvgIpc) is 2.53. The van der Waals surface area contributed by atoms with E-state index in [-0.39, 0.29) is 12.6 Å². The highest BCUT2D eigenvalue weighted by Crippen LogP contribution is 2.28. The van der Waals surface area contributed by atoms with E-state index in [0.717, 1.165) is 38.6 Å². The van der Waals surface area contributed by atoms with Gasteiger partial charge >= 0.3 is 0 Å². The van der Waals surface area contributed by atoms with Crippen molar-refractivity contribution in [3.8, 4) is 0 Å². The third-order valence-electron chi connectivity index (χ3n) is 3.89. The lowest BCUT2D eigenvalue weighted by molar-refractivity contribution is 0.288. The molecule has 0 spiro atoms. The summed E-state index contributed by atoms with van der Waals surface area (Å²) in [6.07, 6.45) is 7.77. The Balaban J connectivity index is 2.20. The smallest absolute Gasteiger partial charge is 0.224 e. The highest BCUT2D eigenvalue weighted by molar-refractivity contribution is 5.45. The lowest BCUT2D eigenvalue weighted by Gasteiger charge is -2.35. The minimum absolute atomic E-state index is 0.00232. The molecule has 2 N–H and O–H groups in total. The number of nitrogens with zero attached hydrogens (tertiary/aromatic N) is 3. The second-order valence-electron chi connectivity index (χ2n) is 5.50. The van der Waals surface area contributed by atoms with Gasteiger partial charge in [0.1, 0.15) is 0 Å². The van der Waals surface area contributed by atoms with Crippen LogP contribution in [0.4, 0.5) is 16.2 Å². The van der Waals surface area contributed by atoms with Crippen molar-refractivity contribution in [2.75, 3.05) is 29.9 Å². The molecular formula is C15H25FN4O. The van der Waals surface area contributed by atoms with Crippen LogP contribution in [0.15, 0.2) is 6.20 Å². The van der Waals surface area contributed by atoms with Gasteiger partial charge in [-0.15, -0.1) is 0 Å². The van der Waals surface area contributed by atoms with E-state index < -0.39 is 5.82 Å². The van der Waals surface area contributed by atoms with Crippen LogP contribution in [0.1, 0.15) is 45.4 Å². The molecule has 0 aliphatic heterocycles. The van der Waals surface area contributed by atoms with Crippen LogP contribution in [-0.2, 0) is 0 Å². The first-order chi connectivity index (χ1) is 10.3. The summed E-state index contributed by atoms with van der Waals surface area (Å²) < 4.78 is 14.1. The van der Waals surface area contributed by atoms with Gasteiger partial charge in [-0.3, -0.25) is 0 Å². The van der Waals surface area contributed by atoms with Gasteiger partial charge in [0.15, 0.2) is 11.6 Å². The normalized spacial score (nSPS) is 16.0. The Morgan fingerprint density at radius 1 is 1.38 bits per heavy atom. The monoisotopic (exact) mass is 296 g/mol. The summed E-state index contributed by atoms with van der Waals surface area (Å²) in [6, 6.07) is 0.259. The number of aliphatic hydroxyl groups is 1. The van der Waals surface area contributed by atoms with Gasteiger partial charge in [0.05, 0.1) is 12.8 Å². The highest BCUT2D eigenvalue weighted by Gasteiger charge is 2.24. The minimum Gasteiger partial charge on any atom is -0.395 e. The van der Waals surface area contributed by atoms with Crippen LogP contribution in [0.5, 0.6) is 0 Å². The second kappa shape index (κ2) is 8.12. The van der Waals surface area contributed by atoms with Crippen LogP contribution in [0, 0.1) is 5.82 Å². The number of aliphatic hydroxyl groups excluding tert-OH is 1. The summed E-state index contributed by atoms with van der Waals surface area (Å²) in [6.45, 7) is 3.22. The summed E-state index contributed by atoms with van der Waals surface area (Å²) >= 11 is 0. The third-order valence-corrected chi connectivity index (χ3v) is 3.89. The molecule has 0 radical (unpaired) electrons. The Morgan fingerprint density at radius 2 is 2.14 bits per heavy atom. The lowest BCUT2D eigenvalue weighted by atomic mass is 9.94. The Labute approximate surface area is 125 Å². The number of anilines is 2. The average molecular weight is 296 g/mol. The zero-order chi connectivity index (χ0) is 15.1. The van der Waals surface area contributed by atoms with E-state index >= 15 is 0 Å². The largest absolute Gasteiger partial charge is 0.395 e. The molecule has 1 fully saturated rings. The van der Waals surface area contributed by atoms with Gasteiger partial charge in [-0.1, -0.05) is 26.2 Å². The molecule has 0 bridgehead atoms. The van der Waals surface area contributed by atoms with E-state index in [4.69, 9.17) is 0 Å². The van der Waals surface area contributed by atoms with Crippen molar-refractivity contribution in [3.05, 3.63) is 12.0 Å². The molecule has 0 unspecified atom stereocenters. The highest BCUT2D eigenvalue weighted by atomic mass is 19.1. The van der Waals surface area contributed by atoms with Gasteiger partial charge < -0.3 is 15.3 Å². The Bertz CT molecular complexity index is 438. The number of nitrogens with one attached hydrogen (secondary N) is 1. The maximum Gasteiger partial charge on any atom is 0.224 e. The van der Waals surface area contributed by atoms with Gasteiger partial charge in [-0.05, 0) is 19.3 Å². The van der Waals surface area contributed by atoms with Crippen molar-refractivity contribution >= 4 is 11.8 Å². The molecule has 0 saturated heterocycles. The molecule has 1 heterocycles. The molecule has 0 aromatic carbocycles. The molecule has 1 saturated carbocycles. The van der Waals surface area contributed by atoms with Crippen molar-refractivity contribution in [3.63, 3.8) is 0 Å². The van der Waals surface area contributed by atoms with E-state index in [2.05, 4.69) is 22.2 Å². The van der Waals surface area contributed by atoms with Crippen molar-refractivity contribution in [2.45, 2.75) is 51.5 Å². The molecule has 0 amide bonds. The third kappa shape index (κ3) is 4.27. The number of halogens is 1. The summed E-state index contributed by atoms with van der Waals surface area (Å²) in [4.78, 5) is 10.2. The Morgan fingerprint density at radius 3 is 2.81 bits per heavy atom. The van der Waals surface area contributed by atoms with Crippen LogP contribution in [-0.4, -0.2) is 40.8 Å². The minimum atomic E-state index is -0.420. The van der Waals surface area contributed by atoms with Gasteiger partial charge in [0.25, 0.3) is 0 Å². The summed E-state index contributed by atoms with van der Waals surface area (Å²) in [5, 5.41) is 12.4. The van der Waals surface area contributed by atoms with Gasteiger partial charge in [-0.25, -0.2) is 9.37 Å². The first-order valence-electron chi connectivity index (χ1n) is 7.90. The van der Waals surface area contributed by atoms with Gasteiger partial charge in [0, 0.05) is 19.1 Å². The summed E-state index contributed by atoms with van der Waals surface area (Å²) in [5.74, 6) is 0.340. The number of hydrogen-bond donors (Lipinski definition) is 2. The van der Waals surface area contributed by atoms with Crippen LogP contribution in [0.3, 0.4) is 0 Å². The zero-order valence-corrected chi connectivity index (χ0v) is 12.7. The molecular weight excluding hydrogens is 271 g/mol. The van der Waals surface area contributed by atoms with Crippen molar-refractivity contribution in [1.29, 1.82) is 0 Å². The SMILES string of the molecule is CCCNc1ncc(F)c(N(CCO)C2CCCCC2)n1. The van der Waals surface area contributed by atoms with Crippen LogP contribution < -0.4 is 10.2 Å². The summed E-state index contributed by atoms with van der Waals surface area (Å²) in [7, 11) is 0. The van der Waals surface area contributed by atoms with Crippen LogP contribution >= 0.6 is 0 Å². The summed E-state index contributed by atoms with van der Waals surface area (Å²) in [5.41, 5.74) is 0. The number of aromatic nitrogens is 2. The Hall–Kier alpha value is -1.43. The molecule has 5 nitrogen and oxygen atoms in total. The second-order valence-corrected chi connectivity index (χ2v) is 5.50. The molecule has 2 rings (SSSR count). The molecule has 1 aliphatic rings. The first kappa shape index (κ1) is 15.9. The van der Waals surface area contributed by atoms with Crippen molar-refractivity contribution in [2.24, 2.45) is 0 Å². The van der Waals surface area contributed by atoms with Crippen molar-refractivity contribution in [1.82, 2.24) is 9.97 Å². The predicted octanol–water partition coefficient (Wildman–Crippen LogP) is 2.57. The maximum atomic E-state index is 14.1. The van der Waals surface area contributed by atoms with Crippen LogP contribution in [0.2, 0.25) is 0 Å². The van der Waals surface area contributed by atoms with Gasteiger partial charge in [-0.2, -0.15) is 4.98 Å². The molecule has 6 heteroatoms. The predicted molar refractivity (Wildman–Crippen MR) is 82.1 cm³/mol. The number of rotatable bonds is 7. The molecule has 0 atom stereocenters. The topological polar surface area (TPSA) is 61.3 Å². The van der Waals surface area contributed by atoms with E-state index in [1.165, 1.54) is 12.6 Å². The Kier molecular flexibility index (Phi) is 6.17. The van der Waals surface area contributed by atoms with Crippen molar-refractivity contribution < 1.29 is 9.50 Å².